The highest BCUT2D eigenvalue weighted by Gasteiger charge is 2.38. The molecular weight excluding hydrogens is 292 g/mol. The maximum atomic E-state index is 12.7. The molecule has 3 fully saturated rings. The van der Waals surface area contributed by atoms with E-state index in [0.717, 1.165) is 71.3 Å². The predicted octanol–water partition coefficient (Wildman–Crippen LogP) is 0.834. The number of piperazine rings is 1. The van der Waals surface area contributed by atoms with Gasteiger partial charge < -0.3 is 24.8 Å². The first kappa shape index (κ1) is 17.0. The van der Waals surface area contributed by atoms with Gasteiger partial charge in [-0.25, -0.2) is 4.79 Å². The van der Waals surface area contributed by atoms with Crippen molar-refractivity contribution in [3.8, 4) is 0 Å². The molecule has 6 heteroatoms. The molecule has 2 heterocycles. The number of nitrogens with one attached hydrogen (secondary N) is 1. The molecule has 1 aliphatic carbocycles. The number of nitrogens with zero attached hydrogens (tertiary/aromatic N) is 3. The van der Waals surface area contributed by atoms with Gasteiger partial charge in [-0.2, -0.15) is 0 Å². The minimum Gasteiger partial charge on any atom is -0.384 e. The number of urea groups is 1. The van der Waals surface area contributed by atoms with Gasteiger partial charge in [0.05, 0.1) is 6.61 Å². The van der Waals surface area contributed by atoms with Crippen LogP contribution in [0.3, 0.4) is 0 Å². The van der Waals surface area contributed by atoms with Gasteiger partial charge >= 0.3 is 6.03 Å². The maximum absolute atomic E-state index is 12.7. The highest BCUT2D eigenvalue weighted by atomic mass is 16.5. The third kappa shape index (κ3) is 4.37. The number of likely N-dealkylation sites (N-methyl/N-ethyl adjacent to an activating group) is 1. The van der Waals surface area contributed by atoms with Crippen LogP contribution in [-0.2, 0) is 4.74 Å². The van der Waals surface area contributed by atoms with Crippen LogP contribution >= 0.6 is 0 Å². The van der Waals surface area contributed by atoms with E-state index in [0.29, 0.717) is 0 Å². The van der Waals surface area contributed by atoms with E-state index in [1.165, 1.54) is 12.8 Å². The fourth-order valence-corrected chi connectivity index (χ4v) is 3.70. The molecule has 0 aromatic heterocycles. The fourth-order valence-electron chi connectivity index (χ4n) is 3.70. The van der Waals surface area contributed by atoms with Crippen molar-refractivity contribution in [2.45, 2.75) is 31.7 Å². The number of hydrogen-bond acceptors (Lipinski definition) is 4. The van der Waals surface area contributed by atoms with Crippen molar-refractivity contribution in [1.82, 2.24) is 20.0 Å². The normalized spacial score (nSPS) is 25.7. The fraction of sp³-hybridized carbons (Fsp3) is 0.941. The van der Waals surface area contributed by atoms with E-state index in [1.807, 2.05) is 4.90 Å². The molecule has 0 unspecified atom stereocenters. The highest BCUT2D eigenvalue weighted by molar-refractivity contribution is 5.74. The summed E-state index contributed by atoms with van der Waals surface area (Å²) in [6.07, 6.45) is 4.72. The summed E-state index contributed by atoms with van der Waals surface area (Å²) in [4.78, 5) is 19.0. The Morgan fingerprint density at radius 1 is 1.09 bits per heavy atom. The lowest BCUT2D eigenvalue weighted by molar-refractivity contribution is 0.0238. The molecule has 2 saturated heterocycles. The number of amides is 2. The monoisotopic (exact) mass is 324 g/mol. The summed E-state index contributed by atoms with van der Waals surface area (Å²) in [5, 5.41) is 3.66. The van der Waals surface area contributed by atoms with Crippen molar-refractivity contribution in [2.75, 3.05) is 66.6 Å². The number of rotatable bonds is 5. The van der Waals surface area contributed by atoms with Crippen molar-refractivity contribution >= 4 is 6.03 Å². The van der Waals surface area contributed by atoms with Gasteiger partial charge in [0.15, 0.2) is 0 Å². The molecule has 132 valence electrons. The molecule has 1 N–H and O–H groups in total. The Bertz CT molecular complexity index is 397. The number of methoxy groups -OCH3 is 1. The van der Waals surface area contributed by atoms with Gasteiger partial charge in [-0.1, -0.05) is 0 Å². The molecule has 0 aromatic carbocycles. The van der Waals surface area contributed by atoms with Crippen LogP contribution in [0.15, 0.2) is 0 Å². The first-order chi connectivity index (χ1) is 11.1. The zero-order chi connectivity index (χ0) is 16.3. The maximum Gasteiger partial charge on any atom is 0.320 e. The molecule has 3 aliphatic rings. The molecular formula is C17H32N4O2. The van der Waals surface area contributed by atoms with Gasteiger partial charge in [-0.3, -0.25) is 0 Å². The lowest BCUT2D eigenvalue weighted by atomic mass is 9.79. The van der Waals surface area contributed by atoms with E-state index in [-0.39, 0.29) is 11.4 Å². The molecule has 23 heavy (non-hydrogen) atoms. The second kappa shape index (κ2) is 7.36. The van der Waals surface area contributed by atoms with E-state index < -0.39 is 0 Å². The van der Waals surface area contributed by atoms with Crippen LogP contribution in [-0.4, -0.2) is 93.4 Å². The molecule has 3 rings (SSSR count). The van der Waals surface area contributed by atoms with Crippen LogP contribution in [0.5, 0.6) is 0 Å². The summed E-state index contributed by atoms with van der Waals surface area (Å²) in [5.74, 6) is 0. The Labute approximate surface area is 140 Å². The van der Waals surface area contributed by atoms with E-state index in [9.17, 15) is 4.79 Å². The van der Waals surface area contributed by atoms with Crippen LogP contribution in [0.4, 0.5) is 4.79 Å². The van der Waals surface area contributed by atoms with Crippen LogP contribution in [0.25, 0.3) is 0 Å². The van der Waals surface area contributed by atoms with Crippen LogP contribution in [0.1, 0.15) is 25.7 Å². The Balaban J connectivity index is 1.50. The lowest BCUT2D eigenvalue weighted by Crippen LogP contribution is -2.55. The smallest absolute Gasteiger partial charge is 0.320 e. The Kier molecular flexibility index (Phi) is 5.44. The van der Waals surface area contributed by atoms with Gasteiger partial charge in [0.25, 0.3) is 0 Å². The number of hydrogen-bond donors (Lipinski definition) is 1. The van der Waals surface area contributed by atoms with E-state index in [2.05, 4.69) is 22.2 Å². The summed E-state index contributed by atoms with van der Waals surface area (Å²) >= 11 is 0. The van der Waals surface area contributed by atoms with Crippen molar-refractivity contribution in [2.24, 2.45) is 5.41 Å². The van der Waals surface area contributed by atoms with Crippen molar-refractivity contribution in [3.63, 3.8) is 0 Å². The minimum atomic E-state index is 0.205. The number of piperidine rings is 1. The predicted molar refractivity (Wildman–Crippen MR) is 90.6 cm³/mol. The van der Waals surface area contributed by atoms with E-state index in [1.54, 1.807) is 7.11 Å². The third-order valence-electron chi connectivity index (χ3n) is 5.66. The summed E-state index contributed by atoms with van der Waals surface area (Å²) in [5.41, 5.74) is 0.205. The topological polar surface area (TPSA) is 48.1 Å². The Morgan fingerprint density at radius 2 is 1.70 bits per heavy atom. The second-order valence-corrected chi connectivity index (χ2v) is 7.65. The zero-order valence-electron chi connectivity index (χ0n) is 14.7. The van der Waals surface area contributed by atoms with Crippen LogP contribution in [0, 0.1) is 5.41 Å². The van der Waals surface area contributed by atoms with Gasteiger partial charge in [-0.05, 0) is 32.7 Å². The number of carbonyl (C=O) groups excluding carboxylic acids is 1. The zero-order valence-corrected chi connectivity index (χ0v) is 14.7. The molecule has 1 saturated carbocycles. The molecule has 0 aromatic rings. The largest absolute Gasteiger partial charge is 0.384 e. The van der Waals surface area contributed by atoms with Crippen molar-refractivity contribution in [3.05, 3.63) is 0 Å². The molecule has 0 bridgehead atoms. The van der Waals surface area contributed by atoms with Gasteiger partial charge in [0, 0.05) is 64.4 Å². The summed E-state index contributed by atoms with van der Waals surface area (Å²) in [6, 6.07) is 0.966. The van der Waals surface area contributed by atoms with Gasteiger partial charge in [0.2, 0.25) is 0 Å². The first-order valence-electron chi connectivity index (χ1n) is 9.07. The average molecular weight is 324 g/mol. The van der Waals surface area contributed by atoms with E-state index >= 15 is 0 Å². The number of carbonyl (C=O) groups is 1. The Morgan fingerprint density at radius 3 is 2.26 bits per heavy atom. The van der Waals surface area contributed by atoms with Crippen molar-refractivity contribution in [1.29, 1.82) is 0 Å². The lowest BCUT2D eigenvalue weighted by Gasteiger charge is -2.44. The average Bonchev–Trinajstić information content (AvgIpc) is 3.39. The SMILES string of the molecule is COCC1(CNC2CC2)CCN(C(=O)N2CCN(C)CC2)CC1. The summed E-state index contributed by atoms with van der Waals surface area (Å²) < 4.78 is 5.50. The highest BCUT2D eigenvalue weighted by Crippen LogP contribution is 2.33. The number of likely N-dealkylation sites (tertiary alicyclic amines) is 1. The second-order valence-electron chi connectivity index (χ2n) is 7.65. The van der Waals surface area contributed by atoms with Gasteiger partial charge in [0.1, 0.15) is 0 Å². The molecule has 0 atom stereocenters. The first-order valence-corrected chi connectivity index (χ1v) is 9.07. The Hall–Kier alpha value is -0.850. The van der Waals surface area contributed by atoms with Crippen LogP contribution < -0.4 is 5.32 Å². The standard InChI is InChI=1S/C17H32N4O2/c1-19-9-11-21(12-10-19)16(22)20-7-5-17(6-8-20,14-23-2)13-18-15-3-4-15/h15,18H,3-14H2,1-2H3. The summed E-state index contributed by atoms with van der Waals surface area (Å²) in [6.45, 7) is 7.24. The molecule has 2 aliphatic heterocycles. The molecule has 2 amide bonds. The quantitative estimate of drug-likeness (QED) is 0.814. The van der Waals surface area contributed by atoms with Crippen molar-refractivity contribution < 1.29 is 9.53 Å². The molecule has 0 radical (unpaired) electrons. The van der Waals surface area contributed by atoms with Crippen LogP contribution in [0.2, 0.25) is 0 Å². The van der Waals surface area contributed by atoms with Gasteiger partial charge in [-0.15, -0.1) is 0 Å². The number of ether oxygens (including phenoxy) is 1. The third-order valence-corrected chi connectivity index (χ3v) is 5.66. The minimum absolute atomic E-state index is 0.205. The summed E-state index contributed by atoms with van der Waals surface area (Å²) in [7, 11) is 3.91. The molecule has 6 nitrogen and oxygen atoms in total. The molecule has 0 spiro atoms. The van der Waals surface area contributed by atoms with E-state index in [4.69, 9.17) is 4.74 Å².